The van der Waals surface area contributed by atoms with E-state index >= 15 is 0 Å². The summed E-state index contributed by atoms with van der Waals surface area (Å²) in [6.07, 6.45) is -1.93. The lowest BCUT2D eigenvalue weighted by Crippen LogP contribution is -2.32. The van der Waals surface area contributed by atoms with E-state index in [1.165, 1.54) is 12.1 Å². The molecule has 0 spiro atoms. The van der Waals surface area contributed by atoms with Gasteiger partial charge in [-0.15, -0.1) is 0 Å². The van der Waals surface area contributed by atoms with E-state index in [2.05, 4.69) is 32.4 Å². The summed E-state index contributed by atoms with van der Waals surface area (Å²) in [6.45, 7) is 6.65. The molecule has 1 fully saturated rings. The monoisotopic (exact) mass is 408 g/mol. The zero-order valence-corrected chi connectivity index (χ0v) is 16.7. The Morgan fingerprint density at radius 1 is 1.21 bits per heavy atom. The lowest BCUT2D eigenvalue weighted by atomic mass is 10.1. The average molecular weight is 408 g/mol. The van der Waals surface area contributed by atoms with E-state index < -0.39 is 11.7 Å². The van der Waals surface area contributed by atoms with Gasteiger partial charge in [0.15, 0.2) is 0 Å². The highest BCUT2D eigenvalue weighted by atomic mass is 19.4. The summed E-state index contributed by atoms with van der Waals surface area (Å²) in [4.78, 5) is 11.1. The fourth-order valence-corrected chi connectivity index (χ4v) is 3.53. The molecule has 2 aromatic rings. The molecule has 0 bridgehead atoms. The van der Waals surface area contributed by atoms with E-state index in [-0.39, 0.29) is 17.3 Å². The van der Waals surface area contributed by atoms with Crippen LogP contribution in [0.3, 0.4) is 0 Å². The molecule has 3 rings (SSSR count). The van der Waals surface area contributed by atoms with E-state index in [1.807, 2.05) is 13.0 Å². The molecule has 0 aliphatic carbocycles. The number of aryl methyl sites for hydroxylation is 1. The fourth-order valence-electron chi connectivity index (χ4n) is 3.53. The second-order valence-corrected chi connectivity index (χ2v) is 7.21. The Morgan fingerprint density at radius 3 is 2.69 bits per heavy atom. The van der Waals surface area contributed by atoms with Crippen LogP contribution in [0.25, 0.3) is 0 Å². The average Bonchev–Trinajstić information content (AvgIpc) is 3.12. The second kappa shape index (κ2) is 8.86. The Balaban J connectivity index is 1.91. The number of likely N-dealkylation sites (N-methyl/N-ethyl adjacent to an activating group) is 1. The number of benzene rings is 1. The van der Waals surface area contributed by atoms with Crippen LogP contribution in [0.2, 0.25) is 0 Å². The third-order valence-corrected chi connectivity index (χ3v) is 4.87. The van der Waals surface area contributed by atoms with Crippen LogP contribution in [-0.2, 0) is 12.6 Å². The number of hydrogen-bond donors (Lipinski definition) is 3. The van der Waals surface area contributed by atoms with Gasteiger partial charge < -0.3 is 21.3 Å². The van der Waals surface area contributed by atoms with Crippen LogP contribution < -0.4 is 21.3 Å². The van der Waals surface area contributed by atoms with Crippen LogP contribution in [0, 0.1) is 0 Å². The van der Waals surface area contributed by atoms with Gasteiger partial charge in [0.2, 0.25) is 5.95 Å². The van der Waals surface area contributed by atoms with E-state index in [9.17, 15) is 13.2 Å². The zero-order valence-electron chi connectivity index (χ0n) is 16.7. The first-order valence-electron chi connectivity index (χ1n) is 9.90. The highest BCUT2D eigenvalue weighted by Gasteiger charge is 2.34. The molecule has 0 radical (unpaired) electrons. The van der Waals surface area contributed by atoms with Crippen molar-refractivity contribution in [2.24, 2.45) is 0 Å². The first-order valence-corrected chi connectivity index (χ1v) is 9.90. The molecule has 9 heteroatoms. The third-order valence-electron chi connectivity index (χ3n) is 4.87. The Bertz CT molecular complexity index is 839. The maximum Gasteiger partial charge on any atom is 0.418 e. The number of aromatic nitrogens is 2. The standard InChI is InChI=1S/C20H27F3N6/c1-3-5-14-11-18(29-9-8-15(12-29)25-4-2)28-19(26-14)27-17-7-6-13(24)10-16(17)20(21,22)23/h6-7,10-11,15,25H,3-5,8-9,12,24H2,1-2H3,(H,26,27,28)/t15-/m0/s1. The van der Waals surface area contributed by atoms with Crippen molar-refractivity contribution in [3.05, 3.63) is 35.5 Å². The summed E-state index contributed by atoms with van der Waals surface area (Å²) in [6, 6.07) is 5.97. The van der Waals surface area contributed by atoms with E-state index in [1.54, 1.807) is 0 Å². The molecule has 6 nitrogen and oxygen atoms in total. The van der Waals surface area contributed by atoms with Crippen LogP contribution in [-0.4, -0.2) is 35.6 Å². The molecular formula is C20H27F3N6. The maximum absolute atomic E-state index is 13.4. The van der Waals surface area contributed by atoms with Crippen molar-refractivity contribution in [1.29, 1.82) is 0 Å². The van der Waals surface area contributed by atoms with Gasteiger partial charge in [-0.1, -0.05) is 20.3 Å². The van der Waals surface area contributed by atoms with Crippen molar-refractivity contribution in [2.75, 3.05) is 35.6 Å². The summed E-state index contributed by atoms with van der Waals surface area (Å²) in [7, 11) is 0. The molecule has 1 aromatic heterocycles. The summed E-state index contributed by atoms with van der Waals surface area (Å²) >= 11 is 0. The van der Waals surface area contributed by atoms with Gasteiger partial charge >= 0.3 is 6.18 Å². The van der Waals surface area contributed by atoms with Crippen molar-refractivity contribution >= 4 is 23.1 Å². The van der Waals surface area contributed by atoms with Crippen molar-refractivity contribution in [3.63, 3.8) is 0 Å². The highest BCUT2D eigenvalue weighted by Crippen LogP contribution is 2.37. The first-order chi connectivity index (χ1) is 13.8. The fraction of sp³-hybridized carbons (Fsp3) is 0.500. The van der Waals surface area contributed by atoms with Crippen LogP contribution >= 0.6 is 0 Å². The van der Waals surface area contributed by atoms with Gasteiger partial charge in [0, 0.05) is 36.6 Å². The van der Waals surface area contributed by atoms with Gasteiger partial charge in [-0.2, -0.15) is 18.2 Å². The summed E-state index contributed by atoms with van der Waals surface area (Å²) in [5.74, 6) is 0.892. The maximum atomic E-state index is 13.4. The Morgan fingerprint density at radius 2 is 2.00 bits per heavy atom. The van der Waals surface area contributed by atoms with Gasteiger partial charge in [-0.05, 0) is 37.6 Å². The van der Waals surface area contributed by atoms with Gasteiger partial charge in [0.1, 0.15) is 5.82 Å². The minimum Gasteiger partial charge on any atom is -0.399 e. The Labute approximate surface area is 168 Å². The topological polar surface area (TPSA) is 79.1 Å². The minimum atomic E-state index is -4.53. The number of nitrogens with one attached hydrogen (secondary N) is 2. The van der Waals surface area contributed by atoms with E-state index in [0.29, 0.717) is 6.04 Å². The molecule has 4 N–H and O–H groups in total. The number of alkyl halides is 3. The van der Waals surface area contributed by atoms with E-state index in [4.69, 9.17) is 5.73 Å². The normalized spacial score (nSPS) is 17.0. The van der Waals surface area contributed by atoms with Crippen molar-refractivity contribution in [2.45, 2.75) is 45.3 Å². The number of nitrogen functional groups attached to an aromatic ring is 1. The largest absolute Gasteiger partial charge is 0.418 e. The SMILES string of the molecule is CCCc1cc(N2CC[C@H](NCC)C2)nc(Nc2ccc(N)cc2C(F)(F)F)n1. The molecule has 29 heavy (non-hydrogen) atoms. The smallest absolute Gasteiger partial charge is 0.399 e. The Hall–Kier alpha value is -2.55. The summed E-state index contributed by atoms with van der Waals surface area (Å²) < 4.78 is 40.3. The predicted octanol–water partition coefficient (Wildman–Crippen LogP) is 3.96. The van der Waals surface area contributed by atoms with Crippen LogP contribution in [0.5, 0.6) is 0 Å². The Kier molecular flexibility index (Phi) is 6.46. The number of halogens is 3. The molecule has 0 saturated carbocycles. The second-order valence-electron chi connectivity index (χ2n) is 7.21. The molecule has 0 unspecified atom stereocenters. The quantitative estimate of drug-likeness (QED) is 0.602. The molecule has 1 aromatic carbocycles. The number of nitrogens with two attached hydrogens (primary N) is 1. The lowest BCUT2D eigenvalue weighted by molar-refractivity contribution is -0.136. The van der Waals surface area contributed by atoms with Crippen LogP contribution in [0.15, 0.2) is 24.3 Å². The molecular weight excluding hydrogens is 381 g/mol. The van der Waals surface area contributed by atoms with Crippen LogP contribution in [0.4, 0.5) is 36.3 Å². The van der Waals surface area contributed by atoms with E-state index in [0.717, 1.165) is 56.5 Å². The molecule has 158 valence electrons. The molecule has 1 aliphatic rings. The highest BCUT2D eigenvalue weighted by molar-refractivity contribution is 5.64. The first kappa shape index (κ1) is 21.2. The van der Waals surface area contributed by atoms with Crippen molar-refractivity contribution in [3.8, 4) is 0 Å². The number of rotatable bonds is 7. The lowest BCUT2D eigenvalue weighted by Gasteiger charge is -2.20. The molecule has 2 heterocycles. The molecule has 1 aliphatic heterocycles. The number of anilines is 4. The van der Waals surface area contributed by atoms with Gasteiger partial charge in [0.25, 0.3) is 0 Å². The zero-order chi connectivity index (χ0) is 21.0. The summed E-state index contributed by atoms with van der Waals surface area (Å²) in [5.41, 5.74) is 5.46. The molecule has 0 amide bonds. The number of nitrogens with zero attached hydrogens (tertiary/aromatic N) is 3. The van der Waals surface area contributed by atoms with Gasteiger partial charge in [0.05, 0.1) is 11.3 Å². The van der Waals surface area contributed by atoms with Crippen molar-refractivity contribution in [1.82, 2.24) is 15.3 Å². The van der Waals surface area contributed by atoms with Crippen LogP contribution in [0.1, 0.15) is 37.9 Å². The van der Waals surface area contributed by atoms with Gasteiger partial charge in [-0.3, -0.25) is 0 Å². The minimum absolute atomic E-state index is 0.0516. The predicted molar refractivity (Wildman–Crippen MR) is 109 cm³/mol. The van der Waals surface area contributed by atoms with Gasteiger partial charge in [-0.25, -0.2) is 4.98 Å². The molecule has 1 atom stereocenters. The summed E-state index contributed by atoms with van der Waals surface area (Å²) in [5, 5.41) is 6.20. The third kappa shape index (κ3) is 5.29. The number of hydrogen-bond acceptors (Lipinski definition) is 6. The molecule has 1 saturated heterocycles. The van der Waals surface area contributed by atoms with Crippen molar-refractivity contribution < 1.29 is 13.2 Å².